The van der Waals surface area contributed by atoms with Crippen molar-refractivity contribution in [2.45, 2.75) is 60.0 Å². The molecule has 2 amide bonds. The molecule has 2 aromatic heterocycles. The lowest BCUT2D eigenvalue weighted by Crippen LogP contribution is -2.42. The van der Waals surface area contributed by atoms with Gasteiger partial charge in [-0.25, -0.2) is 16.8 Å². The van der Waals surface area contributed by atoms with Crippen molar-refractivity contribution in [3.63, 3.8) is 0 Å². The number of rotatable bonds is 9. The molecular formula is C32H32Cl2N4O6S4. The van der Waals surface area contributed by atoms with E-state index in [0.717, 1.165) is 44.9 Å². The average Bonchev–Trinajstić information content (AvgIpc) is 3.86. The van der Waals surface area contributed by atoms with Gasteiger partial charge in [0.2, 0.25) is 11.8 Å². The summed E-state index contributed by atoms with van der Waals surface area (Å²) in [5, 5.41) is 5.83. The molecule has 2 aliphatic heterocycles. The van der Waals surface area contributed by atoms with E-state index in [4.69, 9.17) is 23.2 Å². The second kappa shape index (κ2) is 13.8. The molecule has 6 rings (SSSR count). The Kier molecular flexibility index (Phi) is 10.1. The summed E-state index contributed by atoms with van der Waals surface area (Å²) < 4.78 is 56.3. The van der Waals surface area contributed by atoms with Crippen LogP contribution >= 0.6 is 45.9 Å². The molecule has 10 nitrogen and oxygen atoms in total. The van der Waals surface area contributed by atoms with Gasteiger partial charge in [-0.15, -0.1) is 22.7 Å². The third-order valence-electron chi connectivity index (χ3n) is 8.54. The summed E-state index contributed by atoms with van der Waals surface area (Å²) in [6.45, 7) is 4.24. The molecular weight excluding hydrogens is 736 g/mol. The molecule has 0 saturated carbocycles. The smallest absolute Gasteiger partial charge is 0.253 e. The van der Waals surface area contributed by atoms with Gasteiger partial charge in [0.05, 0.1) is 8.67 Å². The maximum Gasteiger partial charge on any atom is 0.253 e. The molecule has 4 aromatic rings. The molecule has 4 heterocycles. The molecule has 2 unspecified atom stereocenters. The van der Waals surface area contributed by atoms with Gasteiger partial charge in [0.25, 0.3) is 20.0 Å². The second-order valence-corrected chi connectivity index (χ2v) is 19.4. The highest BCUT2D eigenvalue weighted by Gasteiger charge is 2.41. The minimum absolute atomic E-state index is 0.113. The molecule has 0 aliphatic carbocycles. The Hall–Kier alpha value is -2.82. The minimum Gasteiger partial charge on any atom is -0.324 e. The zero-order chi connectivity index (χ0) is 34.4. The first-order valence-corrected chi connectivity index (χ1v) is 20.4. The predicted molar refractivity (Wildman–Crippen MR) is 191 cm³/mol. The molecule has 2 fully saturated rings. The number of nitrogens with one attached hydrogen (secondary N) is 2. The molecule has 2 saturated heterocycles. The second-order valence-electron chi connectivity index (χ2n) is 11.7. The third-order valence-corrected chi connectivity index (χ3v) is 15.8. The number of aryl methyl sites for hydroxylation is 2. The Balaban J connectivity index is 1.13. The summed E-state index contributed by atoms with van der Waals surface area (Å²) in [7, 11) is -7.70. The molecule has 2 atom stereocenters. The molecule has 0 spiro atoms. The number of anilines is 2. The number of sulfonamides is 2. The molecule has 0 bridgehead atoms. The molecule has 0 radical (unpaired) electrons. The van der Waals surface area contributed by atoms with Crippen LogP contribution in [0.25, 0.3) is 11.1 Å². The van der Waals surface area contributed by atoms with Crippen LogP contribution in [0.1, 0.15) is 36.8 Å². The van der Waals surface area contributed by atoms with Gasteiger partial charge in [-0.2, -0.15) is 8.61 Å². The lowest BCUT2D eigenvalue weighted by Gasteiger charge is -2.23. The van der Waals surface area contributed by atoms with Crippen LogP contribution in [0, 0.1) is 13.8 Å². The Labute approximate surface area is 297 Å². The predicted octanol–water partition coefficient (Wildman–Crippen LogP) is 6.98. The summed E-state index contributed by atoms with van der Waals surface area (Å²) in [5.41, 5.74) is 4.51. The van der Waals surface area contributed by atoms with Crippen LogP contribution in [0.15, 0.2) is 69.1 Å². The summed E-state index contributed by atoms with van der Waals surface area (Å²) in [4.78, 5) is 26.6. The van der Waals surface area contributed by atoms with Crippen LogP contribution in [0.3, 0.4) is 0 Å². The van der Waals surface area contributed by atoms with E-state index >= 15 is 0 Å². The lowest BCUT2D eigenvalue weighted by molar-refractivity contribution is -0.119. The maximum atomic E-state index is 13.3. The molecule has 16 heteroatoms. The Bertz CT molecular complexity index is 1970. The van der Waals surface area contributed by atoms with Crippen LogP contribution in [0.4, 0.5) is 11.4 Å². The van der Waals surface area contributed by atoms with E-state index in [1.165, 1.54) is 32.9 Å². The van der Waals surface area contributed by atoms with Gasteiger partial charge >= 0.3 is 0 Å². The molecule has 2 N–H and O–H groups in total. The first-order valence-electron chi connectivity index (χ1n) is 15.1. The van der Waals surface area contributed by atoms with E-state index in [1.54, 1.807) is 12.1 Å². The monoisotopic (exact) mass is 766 g/mol. The number of amides is 2. The highest BCUT2D eigenvalue weighted by Crippen LogP contribution is 2.35. The van der Waals surface area contributed by atoms with E-state index in [-0.39, 0.29) is 21.5 Å². The molecule has 2 aliphatic rings. The molecule has 48 heavy (non-hydrogen) atoms. The Morgan fingerprint density at radius 2 is 1.06 bits per heavy atom. The standard InChI is InChI=1S/C32H32Cl2N4O6S4/c1-19-17-21(7-9-23(19)35-31(39)25-5-3-15-37(25)47(41,42)29-13-11-27(33)45-29)22-8-10-24(20(2)18-22)36-32(40)26-6-4-16-38(26)48(43,44)30-14-12-28(34)46-30/h7-14,17-18,25-26H,3-6,15-16H2,1-2H3,(H,35,39)(H,36,40). The average molecular weight is 768 g/mol. The van der Waals surface area contributed by atoms with Crippen LogP contribution in [-0.4, -0.2) is 62.4 Å². The van der Waals surface area contributed by atoms with Gasteiger partial charge in [-0.3, -0.25) is 9.59 Å². The van der Waals surface area contributed by atoms with Crippen molar-refractivity contribution < 1.29 is 26.4 Å². The third kappa shape index (κ3) is 6.94. The van der Waals surface area contributed by atoms with Gasteiger partial charge < -0.3 is 10.6 Å². The van der Waals surface area contributed by atoms with E-state index in [0.29, 0.717) is 45.7 Å². The van der Waals surface area contributed by atoms with Crippen molar-refractivity contribution in [2.24, 2.45) is 0 Å². The Morgan fingerprint density at radius 3 is 1.40 bits per heavy atom. The zero-order valence-corrected chi connectivity index (χ0v) is 30.7. The Morgan fingerprint density at radius 1 is 0.667 bits per heavy atom. The van der Waals surface area contributed by atoms with Gasteiger partial charge in [0.1, 0.15) is 20.5 Å². The summed E-state index contributed by atoms with van der Waals surface area (Å²) in [6.07, 6.45) is 1.99. The first-order chi connectivity index (χ1) is 22.8. The largest absolute Gasteiger partial charge is 0.324 e. The topological polar surface area (TPSA) is 133 Å². The van der Waals surface area contributed by atoms with Crippen molar-refractivity contribution in [3.8, 4) is 11.1 Å². The summed E-state index contributed by atoms with van der Waals surface area (Å²) >= 11 is 13.9. The van der Waals surface area contributed by atoms with Gasteiger partial charge in [0, 0.05) is 24.5 Å². The number of thiophene rings is 2. The summed E-state index contributed by atoms with van der Waals surface area (Å²) in [6, 6.07) is 15.5. The number of nitrogens with zero attached hydrogens (tertiary/aromatic N) is 2. The van der Waals surface area contributed by atoms with Gasteiger partial charge in [-0.05, 0) is 110 Å². The van der Waals surface area contributed by atoms with Gasteiger partial charge in [0.15, 0.2) is 0 Å². The van der Waals surface area contributed by atoms with Crippen molar-refractivity contribution in [3.05, 3.63) is 80.5 Å². The van der Waals surface area contributed by atoms with Gasteiger partial charge in [-0.1, -0.05) is 35.3 Å². The van der Waals surface area contributed by atoms with Crippen molar-refractivity contribution >= 4 is 89.1 Å². The summed E-state index contributed by atoms with van der Waals surface area (Å²) in [5.74, 6) is -0.781. The maximum absolute atomic E-state index is 13.3. The number of hydrogen-bond donors (Lipinski definition) is 2. The van der Waals surface area contributed by atoms with E-state index in [2.05, 4.69) is 10.6 Å². The number of hydrogen-bond acceptors (Lipinski definition) is 8. The van der Waals surface area contributed by atoms with Crippen molar-refractivity contribution in [1.29, 1.82) is 0 Å². The number of carbonyl (C=O) groups is 2. The van der Waals surface area contributed by atoms with Crippen molar-refractivity contribution in [2.75, 3.05) is 23.7 Å². The van der Waals surface area contributed by atoms with E-state index < -0.39 is 43.9 Å². The normalized spacial score (nSPS) is 19.1. The highest BCUT2D eigenvalue weighted by atomic mass is 35.5. The van der Waals surface area contributed by atoms with Crippen LogP contribution in [0.5, 0.6) is 0 Å². The fourth-order valence-electron chi connectivity index (χ4n) is 6.08. The zero-order valence-electron chi connectivity index (χ0n) is 25.9. The van der Waals surface area contributed by atoms with E-state index in [1.807, 2.05) is 38.1 Å². The first kappa shape index (κ1) is 35.0. The van der Waals surface area contributed by atoms with Crippen LogP contribution < -0.4 is 10.6 Å². The SMILES string of the molecule is Cc1cc(-c2ccc(NC(=O)C3CCCN3S(=O)(=O)c3ccc(Cl)s3)c(C)c2)ccc1NC(=O)C1CCCN1S(=O)(=O)c1ccc(Cl)s1. The highest BCUT2D eigenvalue weighted by molar-refractivity contribution is 7.91. The van der Waals surface area contributed by atoms with Crippen LogP contribution in [-0.2, 0) is 29.6 Å². The van der Waals surface area contributed by atoms with E-state index in [9.17, 15) is 26.4 Å². The van der Waals surface area contributed by atoms with Crippen molar-refractivity contribution in [1.82, 2.24) is 8.61 Å². The molecule has 2 aromatic carbocycles. The fourth-order valence-corrected chi connectivity index (χ4v) is 12.6. The number of benzene rings is 2. The number of halogens is 2. The number of carbonyl (C=O) groups excluding carboxylic acids is 2. The van der Waals surface area contributed by atoms with Crippen LogP contribution in [0.2, 0.25) is 8.67 Å². The quantitative estimate of drug-likeness (QED) is 0.189. The molecule has 254 valence electrons. The minimum atomic E-state index is -3.85. The lowest BCUT2D eigenvalue weighted by atomic mass is 9.99. The fraction of sp³-hybridized carbons (Fsp3) is 0.312.